The van der Waals surface area contributed by atoms with Gasteiger partial charge in [-0.15, -0.1) is 0 Å². The Balaban J connectivity index is 0.736. The van der Waals surface area contributed by atoms with Crippen LogP contribution in [0.1, 0.15) is 82.4 Å². The van der Waals surface area contributed by atoms with Gasteiger partial charge in [0.25, 0.3) is 11.8 Å². The highest BCUT2D eigenvalue weighted by atomic mass is 19.1. The molecule has 1 atom stereocenters. The van der Waals surface area contributed by atoms with Crippen LogP contribution in [-0.4, -0.2) is 147 Å². The molecule has 19 heteroatoms. The molecule has 362 valence electrons. The summed E-state index contributed by atoms with van der Waals surface area (Å²) < 4.78 is 36.6. The van der Waals surface area contributed by atoms with Gasteiger partial charge in [-0.2, -0.15) is 10.4 Å². The van der Waals surface area contributed by atoms with Gasteiger partial charge in [0, 0.05) is 114 Å². The van der Waals surface area contributed by atoms with Gasteiger partial charge in [0.05, 0.1) is 41.2 Å². The van der Waals surface area contributed by atoms with Crippen molar-refractivity contribution in [3.05, 3.63) is 113 Å². The van der Waals surface area contributed by atoms with Gasteiger partial charge < -0.3 is 29.7 Å². The molecule has 70 heavy (non-hydrogen) atoms. The third kappa shape index (κ3) is 9.28. The van der Waals surface area contributed by atoms with E-state index in [-0.39, 0.29) is 35.6 Å². The van der Waals surface area contributed by atoms with E-state index in [1.165, 1.54) is 6.20 Å². The van der Waals surface area contributed by atoms with Gasteiger partial charge in [-0.05, 0) is 79.8 Å². The van der Waals surface area contributed by atoms with Crippen molar-refractivity contribution < 1.29 is 37.5 Å². The van der Waals surface area contributed by atoms with Crippen molar-refractivity contribution in [2.45, 2.75) is 63.1 Å². The van der Waals surface area contributed by atoms with Crippen molar-refractivity contribution >= 4 is 40.9 Å². The number of carbonyl (C=O) groups is 5. The third-order valence-electron chi connectivity index (χ3n) is 14.5. The van der Waals surface area contributed by atoms with Crippen molar-refractivity contribution in [3.63, 3.8) is 0 Å². The van der Waals surface area contributed by atoms with Gasteiger partial charge in [-0.1, -0.05) is 12.1 Å². The summed E-state index contributed by atoms with van der Waals surface area (Å²) in [5, 5.41) is 19.6. The molecular formula is C51H53F2N11O6. The van der Waals surface area contributed by atoms with Crippen LogP contribution in [0, 0.1) is 23.0 Å². The Morgan fingerprint density at radius 3 is 2.47 bits per heavy atom. The first-order chi connectivity index (χ1) is 33.9. The van der Waals surface area contributed by atoms with E-state index < -0.39 is 35.0 Å². The van der Waals surface area contributed by atoms with Crippen LogP contribution in [0.2, 0.25) is 0 Å². The number of carbonyl (C=O) groups excluding carboxylic acids is 5. The lowest BCUT2D eigenvalue weighted by atomic mass is 9.86. The molecule has 5 aliphatic heterocycles. The van der Waals surface area contributed by atoms with Crippen molar-refractivity contribution in [3.8, 4) is 22.9 Å². The van der Waals surface area contributed by atoms with Gasteiger partial charge in [0.2, 0.25) is 17.7 Å². The lowest BCUT2D eigenvalue weighted by molar-refractivity contribution is -0.137. The molecule has 0 saturated carbocycles. The van der Waals surface area contributed by atoms with Crippen LogP contribution < -0.4 is 20.3 Å². The van der Waals surface area contributed by atoms with Gasteiger partial charge in [-0.25, -0.2) is 18.3 Å². The van der Waals surface area contributed by atoms with Crippen LogP contribution in [0.3, 0.4) is 0 Å². The molecule has 17 nitrogen and oxygen atoms in total. The lowest BCUT2D eigenvalue weighted by Gasteiger charge is -2.47. The third-order valence-corrected chi connectivity index (χ3v) is 14.5. The molecule has 2 N–H and O–H groups in total. The SMILES string of the molecule is CCOc1cc(-c2ccc(N3CCC(CN4CCN(C(=O)CCN5CC(c6ccc7c(c6)CN(C6CCC(=O)NC6=O)C7=O)C5)CC4)(NC(=O)c4cc(F)ccc4F)CC3)nc2)c2c(C#N)cnn2c1. The number of piperidine rings is 2. The number of aromatic nitrogens is 3. The number of hydrogen-bond donors (Lipinski definition) is 2. The van der Waals surface area contributed by atoms with Crippen LogP contribution in [0.15, 0.2) is 73.2 Å². The first-order valence-electron chi connectivity index (χ1n) is 23.9. The fourth-order valence-electron chi connectivity index (χ4n) is 10.6. The smallest absolute Gasteiger partial charge is 0.255 e. The number of fused-ring (bicyclic) bond motifs is 2. The van der Waals surface area contributed by atoms with Gasteiger partial charge >= 0.3 is 0 Å². The van der Waals surface area contributed by atoms with Crippen molar-refractivity contribution in [2.75, 3.05) is 77.0 Å². The number of nitriles is 1. The van der Waals surface area contributed by atoms with Crippen LogP contribution in [0.4, 0.5) is 14.6 Å². The van der Waals surface area contributed by atoms with Crippen molar-refractivity contribution in [1.29, 1.82) is 5.26 Å². The minimum atomic E-state index is -0.806. The molecule has 5 aromatic rings. The molecular weight excluding hydrogens is 901 g/mol. The normalized spacial score (nSPS) is 19.7. The number of likely N-dealkylation sites (tertiary alicyclic amines) is 1. The van der Waals surface area contributed by atoms with E-state index in [0.29, 0.717) is 114 Å². The Kier molecular flexibility index (Phi) is 12.8. The number of nitrogens with zero attached hydrogens (tertiary/aromatic N) is 9. The molecule has 2 aromatic carbocycles. The molecule has 5 aliphatic rings. The summed E-state index contributed by atoms with van der Waals surface area (Å²) in [6.45, 7) is 8.61. The van der Waals surface area contributed by atoms with Crippen LogP contribution in [-0.2, 0) is 20.9 Å². The van der Waals surface area contributed by atoms with Crippen LogP contribution in [0.25, 0.3) is 16.6 Å². The van der Waals surface area contributed by atoms with E-state index in [4.69, 9.17) is 9.72 Å². The Labute approximate surface area is 402 Å². The molecule has 0 spiro atoms. The van der Waals surface area contributed by atoms with Gasteiger partial charge in [-0.3, -0.25) is 34.2 Å². The number of hydrogen-bond acceptors (Lipinski definition) is 12. The van der Waals surface area contributed by atoms with E-state index >= 15 is 0 Å². The van der Waals surface area contributed by atoms with E-state index in [1.54, 1.807) is 21.8 Å². The second-order valence-electron chi connectivity index (χ2n) is 18.9. The summed E-state index contributed by atoms with van der Waals surface area (Å²) in [7, 11) is 0. The lowest BCUT2D eigenvalue weighted by Crippen LogP contribution is -2.63. The molecule has 3 aromatic heterocycles. The zero-order valence-electron chi connectivity index (χ0n) is 38.8. The highest BCUT2D eigenvalue weighted by Crippen LogP contribution is 2.35. The first kappa shape index (κ1) is 46.4. The second-order valence-corrected chi connectivity index (χ2v) is 18.9. The summed E-state index contributed by atoms with van der Waals surface area (Å²) in [6, 6.07) is 16.0. The number of rotatable bonds is 13. The summed E-state index contributed by atoms with van der Waals surface area (Å²) in [4.78, 5) is 79.4. The standard InChI is InChI=1S/C51H53F2N11O6/c1-2-70-38-23-40(47-35(24-54)26-56-64(47)30-38)33-4-9-44(55-25-33)61-15-12-51(13-16-61,58-48(67)41-22-37(52)5-7-42(41)53)31-59-17-19-62(20-18-59)46(66)11-14-60-27-36(28-60)32-3-6-39-34(21-32)29-63(50(39)69)43-8-10-45(65)57-49(43)68/h3-7,9,21-23,25-26,30,36,43H,2,8,10-20,27-29,31H2,1H3,(H,58,67)(H,57,65,68). The van der Waals surface area contributed by atoms with Gasteiger partial charge in [0.1, 0.15) is 35.3 Å². The van der Waals surface area contributed by atoms with E-state index in [1.807, 2.05) is 42.2 Å². The average molecular weight is 954 g/mol. The molecule has 4 fully saturated rings. The number of amides is 5. The number of anilines is 1. The quantitative estimate of drug-likeness (QED) is 0.161. The maximum atomic E-state index is 14.9. The topological polar surface area (TPSA) is 189 Å². The minimum Gasteiger partial charge on any atom is -0.492 e. The molecule has 10 rings (SSSR count). The van der Waals surface area contributed by atoms with E-state index in [9.17, 15) is 38.0 Å². The highest BCUT2D eigenvalue weighted by molar-refractivity contribution is 6.05. The number of imide groups is 1. The summed E-state index contributed by atoms with van der Waals surface area (Å²) >= 11 is 0. The number of nitrogens with one attached hydrogen (secondary N) is 2. The van der Waals surface area contributed by atoms with E-state index in [0.717, 1.165) is 59.4 Å². The maximum absolute atomic E-state index is 14.9. The maximum Gasteiger partial charge on any atom is 0.255 e. The Morgan fingerprint density at radius 2 is 1.74 bits per heavy atom. The predicted molar refractivity (Wildman–Crippen MR) is 252 cm³/mol. The van der Waals surface area contributed by atoms with Crippen LogP contribution >= 0.6 is 0 Å². The monoisotopic (exact) mass is 953 g/mol. The predicted octanol–water partition coefficient (Wildman–Crippen LogP) is 4.11. The first-order valence-corrected chi connectivity index (χ1v) is 23.9. The Morgan fingerprint density at radius 1 is 0.943 bits per heavy atom. The molecule has 0 radical (unpaired) electrons. The number of pyridine rings is 2. The largest absolute Gasteiger partial charge is 0.492 e. The summed E-state index contributed by atoms with van der Waals surface area (Å²) in [5.41, 5.74) is 4.07. The Hall–Kier alpha value is -7.30. The molecule has 5 amide bonds. The number of piperazine rings is 1. The number of ether oxygens (including phenoxy) is 1. The zero-order valence-corrected chi connectivity index (χ0v) is 38.8. The molecule has 1 unspecified atom stereocenters. The zero-order chi connectivity index (χ0) is 48.7. The van der Waals surface area contributed by atoms with Gasteiger partial charge in [0.15, 0.2) is 0 Å². The van der Waals surface area contributed by atoms with E-state index in [2.05, 4.69) is 42.6 Å². The number of benzene rings is 2. The fraction of sp³-hybridized carbons (Fsp3) is 0.412. The fourth-order valence-corrected chi connectivity index (χ4v) is 10.6. The molecule has 4 saturated heterocycles. The van der Waals surface area contributed by atoms with Crippen LogP contribution in [0.5, 0.6) is 5.75 Å². The number of halogens is 2. The Bertz CT molecular complexity index is 2920. The molecule has 0 bridgehead atoms. The average Bonchev–Trinajstić information content (AvgIpc) is 3.91. The highest BCUT2D eigenvalue weighted by Gasteiger charge is 2.42. The second kappa shape index (κ2) is 19.2. The summed E-state index contributed by atoms with van der Waals surface area (Å²) in [6.07, 6.45) is 6.93. The van der Waals surface area contributed by atoms with Crippen molar-refractivity contribution in [1.82, 2.24) is 44.8 Å². The van der Waals surface area contributed by atoms with Crippen molar-refractivity contribution in [2.24, 2.45) is 0 Å². The molecule has 8 heterocycles. The summed E-state index contributed by atoms with van der Waals surface area (Å²) in [5.74, 6) is -1.45. The molecule has 0 aliphatic carbocycles. The minimum absolute atomic E-state index is 0.0752.